The van der Waals surface area contributed by atoms with Crippen molar-refractivity contribution in [2.24, 2.45) is 22.2 Å². The van der Waals surface area contributed by atoms with Crippen molar-refractivity contribution in [3.63, 3.8) is 0 Å². The van der Waals surface area contributed by atoms with E-state index < -0.39 is 33.9 Å². The van der Waals surface area contributed by atoms with E-state index in [-0.39, 0.29) is 30.2 Å². The maximum atomic E-state index is 13.0. The van der Waals surface area contributed by atoms with Crippen LogP contribution < -0.4 is 27.2 Å². The number of carbonyl (C=O) groups excluding carboxylic acids is 2. The van der Waals surface area contributed by atoms with Gasteiger partial charge in [-0.15, -0.1) is 0 Å². The second kappa shape index (κ2) is 11.8. The van der Waals surface area contributed by atoms with E-state index in [0.29, 0.717) is 6.42 Å². The van der Waals surface area contributed by atoms with Gasteiger partial charge in [-0.05, 0) is 30.5 Å². The minimum Gasteiger partial charge on any atom is -0.370 e. The first-order valence-electron chi connectivity index (χ1n) is 9.95. The Balaban J connectivity index is 2.17. The molecule has 2 aromatic carbocycles. The zero-order chi connectivity index (χ0) is 23.6. The molecule has 2 aromatic rings. The molecule has 0 unspecified atom stereocenters. The van der Waals surface area contributed by atoms with Crippen LogP contribution in [-0.4, -0.2) is 44.8 Å². The maximum absolute atomic E-state index is 13.0. The molecular formula is C21H28N6O4S. The number of nitrogens with zero attached hydrogens (tertiary/aromatic N) is 1. The first kappa shape index (κ1) is 24.8. The summed E-state index contributed by atoms with van der Waals surface area (Å²) in [5, 5.41) is 2.56. The first-order valence-corrected chi connectivity index (χ1v) is 11.4. The molecule has 0 aliphatic rings. The lowest BCUT2D eigenvalue weighted by Crippen LogP contribution is -2.53. The molecule has 0 aromatic heterocycles. The van der Waals surface area contributed by atoms with E-state index in [2.05, 4.69) is 15.0 Å². The standard InChI is InChI=1S/C21H28N6O4S/c22-19(28)18(14-15-8-3-1-4-9-15)26-20(29)17(12-7-13-25-21(23)24)27-32(30,31)16-10-5-2-6-11-16/h1-6,8-11,17-18,27H,7,12-14H2,(H2,22,28)(H,26,29)(H4,23,24,25)/t17-,18-/m1/s1. The Hall–Kier alpha value is -3.44. The molecule has 2 atom stereocenters. The van der Waals surface area contributed by atoms with Crippen molar-refractivity contribution < 1.29 is 18.0 Å². The van der Waals surface area contributed by atoms with Crippen molar-refractivity contribution in [3.05, 3.63) is 66.2 Å². The summed E-state index contributed by atoms with van der Waals surface area (Å²) in [5.41, 5.74) is 16.9. The van der Waals surface area contributed by atoms with Crippen molar-refractivity contribution >= 4 is 27.8 Å². The number of sulfonamides is 1. The predicted molar refractivity (Wildman–Crippen MR) is 122 cm³/mol. The third-order valence-corrected chi connectivity index (χ3v) is 6.04. The fraction of sp³-hybridized carbons (Fsp3) is 0.286. The minimum absolute atomic E-state index is 0.0118. The molecule has 0 bridgehead atoms. The quantitative estimate of drug-likeness (QED) is 0.163. The molecule has 0 spiro atoms. The average molecular weight is 461 g/mol. The number of benzene rings is 2. The minimum atomic E-state index is -3.99. The van der Waals surface area contributed by atoms with Crippen LogP contribution in [0.3, 0.4) is 0 Å². The Bertz CT molecular complexity index is 1020. The van der Waals surface area contributed by atoms with E-state index >= 15 is 0 Å². The van der Waals surface area contributed by atoms with E-state index in [1.54, 1.807) is 42.5 Å². The molecule has 2 amide bonds. The van der Waals surface area contributed by atoms with Crippen LogP contribution in [-0.2, 0) is 26.0 Å². The molecule has 0 aliphatic carbocycles. The number of rotatable bonds is 12. The predicted octanol–water partition coefficient (Wildman–Crippen LogP) is -0.400. The number of carbonyl (C=O) groups is 2. The van der Waals surface area contributed by atoms with Crippen LogP contribution in [0.4, 0.5) is 0 Å². The number of hydrogen-bond donors (Lipinski definition) is 5. The highest BCUT2D eigenvalue weighted by molar-refractivity contribution is 7.89. The zero-order valence-corrected chi connectivity index (χ0v) is 18.3. The van der Waals surface area contributed by atoms with Crippen LogP contribution in [0.1, 0.15) is 18.4 Å². The molecule has 0 fully saturated rings. The molecule has 0 heterocycles. The molecule has 11 heteroatoms. The van der Waals surface area contributed by atoms with E-state index in [1.807, 2.05) is 6.07 Å². The summed E-state index contributed by atoms with van der Waals surface area (Å²) >= 11 is 0. The Morgan fingerprint density at radius 3 is 2.06 bits per heavy atom. The molecule has 0 saturated heterocycles. The van der Waals surface area contributed by atoms with Gasteiger partial charge in [-0.1, -0.05) is 48.5 Å². The van der Waals surface area contributed by atoms with Crippen molar-refractivity contribution in [1.29, 1.82) is 0 Å². The topological polar surface area (TPSA) is 183 Å². The van der Waals surface area contributed by atoms with Crippen LogP contribution in [0, 0.1) is 0 Å². The van der Waals surface area contributed by atoms with Crippen molar-refractivity contribution in [3.8, 4) is 0 Å². The van der Waals surface area contributed by atoms with Gasteiger partial charge in [0.1, 0.15) is 12.1 Å². The number of hydrogen-bond acceptors (Lipinski definition) is 5. The second-order valence-corrected chi connectivity index (χ2v) is 8.80. The number of guanidine groups is 1. The van der Waals surface area contributed by atoms with Gasteiger partial charge in [0.25, 0.3) is 0 Å². The summed E-state index contributed by atoms with van der Waals surface area (Å²) < 4.78 is 27.9. The summed E-state index contributed by atoms with van der Waals surface area (Å²) in [6.07, 6.45) is 0.604. The van der Waals surface area contributed by atoms with Crippen LogP contribution in [0.25, 0.3) is 0 Å². The highest BCUT2D eigenvalue weighted by Crippen LogP contribution is 2.11. The number of aliphatic imine (C=N–C) groups is 1. The molecule has 0 radical (unpaired) electrons. The fourth-order valence-electron chi connectivity index (χ4n) is 2.95. The number of nitrogens with two attached hydrogens (primary N) is 3. The Kier molecular flexibility index (Phi) is 9.17. The molecule has 8 N–H and O–H groups in total. The van der Waals surface area contributed by atoms with E-state index in [1.165, 1.54) is 12.1 Å². The van der Waals surface area contributed by atoms with E-state index in [4.69, 9.17) is 17.2 Å². The third kappa shape index (κ3) is 8.00. The lowest BCUT2D eigenvalue weighted by atomic mass is 10.0. The Morgan fingerprint density at radius 1 is 0.906 bits per heavy atom. The summed E-state index contributed by atoms with van der Waals surface area (Å²) in [5.74, 6) is -1.51. The third-order valence-electron chi connectivity index (χ3n) is 4.56. The van der Waals surface area contributed by atoms with Gasteiger partial charge < -0.3 is 22.5 Å². The van der Waals surface area contributed by atoms with Crippen LogP contribution in [0.5, 0.6) is 0 Å². The number of amides is 2. The second-order valence-electron chi connectivity index (χ2n) is 7.09. The van der Waals surface area contributed by atoms with Gasteiger partial charge >= 0.3 is 0 Å². The SMILES string of the molecule is NC(=O)[C@@H](Cc1ccccc1)NC(=O)[C@@H](CCCN=C(N)N)NS(=O)(=O)c1ccccc1. The van der Waals surface area contributed by atoms with Crippen molar-refractivity contribution in [1.82, 2.24) is 10.0 Å². The van der Waals surface area contributed by atoms with Gasteiger partial charge in [-0.2, -0.15) is 4.72 Å². The van der Waals surface area contributed by atoms with Crippen LogP contribution in [0.15, 0.2) is 70.6 Å². The van der Waals surface area contributed by atoms with E-state index in [0.717, 1.165) is 5.56 Å². The maximum Gasteiger partial charge on any atom is 0.241 e. The highest BCUT2D eigenvalue weighted by Gasteiger charge is 2.28. The molecule has 10 nitrogen and oxygen atoms in total. The van der Waals surface area contributed by atoms with Crippen LogP contribution >= 0.6 is 0 Å². The monoisotopic (exact) mass is 460 g/mol. The largest absolute Gasteiger partial charge is 0.370 e. The summed E-state index contributed by atoms with van der Waals surface area (Å²) in [7, 11) is -3.99. The van der Waals surface area contributed by atoms with Gasteiger partial charge in [0, 0.05) is 13.0 Å². The van der Waals surface area contributed by atoms with Gasteiger partial charge in [0.2, 0.25) is 21.8 Å². The number of primary amides is 1. The zero-order valence-electron chi connectivity index (χ0n) is 17.5. The Morgan fingerprint density at radius 2 is 1.50 bits per heavy atom. The lowest BCUT2D eigenvalue weighted by Gasteiger charge is -2.22. The normalized spacial score (nSPS) is 13.0. The van der Waals surface area contributed by atoms with E-state index in [9.17, 15) is 18.0 Å². The first-order chi connectivity index (χ1) is 15.2. The van der Waals surface area contributed by atoms with Gasteiger partial charge in [-0.3, -0.25) is 14.6 Å². The molecule has 32 heavy (non-hydrogen) atoms. The highest BCUT2D eigenvalue weighted by atomic mass is 32.2. The summed E-state index contributed by atoms with van der Waals surface area (Å²) in [6, 6.07) is 14.5. The van der Waals surface area contributed by atoms with Crippen molar-refractivity contribution in [2.75, 3.05) is 6.54 Å². The smallest absolute Gasteiger partial charge is 0.241 e. The summed E-state index contributed by atoms with van der Waals surface area (Å²) in [6.45, 7) is 0.211. The van der Waals surface area contributed by atoms with Gasteiger partial charge in [0.15, 0.2) is 5.96 Å². The van der Waals surface area contributed by atoms with Crippen LogP contribution in [0.2, 0.25) is 0 Å². The summed E-state index contributed by atoms with van der Waals surface area (Å²) in [4.78, 5) is 28.7. The average Bonchev–Trinajstić information content (AvgIpc) is 2.76. The molecule has 0 aliphatic heterocycles. The van der Waals surface area contributed by atoms with Crippen molar-refractivity contribution in [2.45, 2.75) is 36.2 Å². The van der Waals surface area contributed by atoms with Gasteiger partial charge in [0.05, 0.1) is 4.90 Å². The molecule has 2 rings (SSSR count). The molecular weight excluding hydrogens is 432 g/mol. The Labute approximate surface area is 187 Å². The lowest BCUT2D eigenvalue weighted by molar-refractivity contribution is -0.128. The molecule has 0 saturated carbocycles. The number of nitrogens with one attached hydrogen (secondary N) is 2. The fourth-order valence-corrected chi connectivity index (χ4v) is 4.20. The molecule has 172 valence electrons. The van der Waals surface area contributed by atoms with Gasteiger partial charge in [-0.25, -0.2) is 8.42 Å².